The van der Waals surface area contributed by atoms with E-state index in [1.165, 1.54) is 28.7 Å². The largest absolute Gasteiger partial charge is 0.497 e. The van der Waals surface area contributed by atoms with Crippen molar-refractivity contribution in [2.24, 2.45) is 0 Å². The molecule has 0 aliphatic heterocycles. The zero-order chi connectivity index (χ0) is 22.2. The summed E-state index contributed by atoms with van der Waals surface area (Å²) < 4.78 is 6.86. The molecule has 0 aliphatic rings. The summed E-state index contributed by atoms with van der Waals surface area (Å²) in [6.45, 7) is 0. The minimum Gasteiger partial charge on any atom is -0.497 e. The number of nitrogens with zero attached hydrogens (tertiary/aromatic N) is 2. The molecule has 0 radical (unpaired) electrons. The van der Waals surface area contributed by atoms with E-state index in [1.54, 1.807) is 18.9 Å². The second-order valence-corrected chi connectivity index (χ2v) is 10.1. The molecular formula is C24H21N3O2S3. The Morgan fingerprint density at radius 3 is 2.34 bits per heavy atom. The highest BCUT2D eigenvalue weighted by Gasteiger charge is 2.11. The van der Waals surface area contributed by atoms with Crippen LogP contribution in [0.15, 0.2) is 87.5 Å². The van der Waals surface area contributed by atoms with Crippen molar-refractivity contribution in [2.75, 3.05) is 18.2 Å². The normalized spacial score (nSPS) is 10.7. The first kappa shape index (κ1) is 22.4. The monoisotopic (exact) mass is 479 g/mol. The van der Waals surface area contributed by atoms with E-state index in [2.05, 4.69) is 15.5 Å². The van der Waals surface area contributed by atoms with Gasteiger partial charge in [0.25, 0.3) is 0 Å². The van der Waals surface area contributed by atoms with E-state index in [4.69, 9.17) is 4.74 Å². The minimum absolute atomic E-state index is 0.0685. The molecule has 0 fully saturated rings. The lowest BCUT2D eigenvalue weighted by atomic mass is 10.0. The third-order valence-electron chi connectivity index (χ3n) is 4.52. The maximum absolute atomic E-state index is 12.5. The van der Waals surface area contributed by atoms with Gasteiger partial charge in [-0.05, 0) is 29.3 Å². The van der Waals surface area contributed by atoms with Gasteiger partial charge in [0.05, 0.1) is 12.9 Å². The van der Waals surface area contributed by atoms with E-state index in [-0.39, 0.29) is 11.7 Å². The number of rotatable bonds is 9. The molecule has 8 heteroatoms. The highest BCUT2D eigenvalue weighted by molar-refractivity contribution is 8.03. The molecule has 0 spiro atoms. The van der Waals surface area contributed by atoms with Crippen LogP contribution in [0.3, 0.4) is 0 Å². The smallest absolute Gasteiger partial charge is 0.234 e. The molecule has 0 saturated carbocycles. The summed E-state index contributed by atoms with van der Waals surface area (Å²) in [6, 6.07) is 25.8. The predicted octanol–water partition coefficient (Wildman–Crippen LogP) is 6.24. The average molecular weight is 480 g/mol. The summed E-state index contributed by atoms with van der Waals surface area (Å²) in [4.78, 5) is 12.5. The van der Waals surface area contributed by atoms with Crippen LogP contribution in [-0.4, -0.2) is 29.0 Å². The van der Waals surface area contributed by atoms with Crippen LogP contribution in [0.4, 0.5) is 5.69 Å². The number of para-hydroxylation sites is 1. The summed E-state index contributed by atoms with van der Waals surface area (Å²) in [6.07, 6.45) is 0. The highest BCUT2D eigenvalue weighted by atomic mass is 32.2. The number of carbonyl (C=O) groups excluding carboxylic acids is 1. The number of methoxy groups -OCH3 is 1. The second-order valence-electron chi connectivity index (χ2n) is 6.72. The van der Waals surface area contributed by atoms with Crippen molar-refractivity contribution in [2.45, 2.75) is 14.4 Å². The quantitative estimate of drug-likeness (QED) is 0.287. The lowest BCUT2D eigenvalue weighted by molar-refractivity contribution is -0.113. The van der Waals surface area contributed by atoms with E-state index in [1.807, 2.05) is 78.9 Å². The summed E-state index contributed by atoms with van der Waals surface area (Å²) in [5, 5.41) is 11.5. The van der Waals surface area contributed by atoms with Crippen LogP contribution in [0, 0.1) is 0 Å². The molecule has 0 unspecified atom stereocenters. The van der Waals surface area contributed by atoms with Gasteiger partial charge in [-0.2, -0.15) is 0 Å². The summed E-state index contributed by atoms with van der Waals surface area (Å²) in [5.41, 5.74) is 4.06. The molecular weight excluding hydrogens is 458 g/mol. The molecule has 1 amide bonds. The molecule has 4 aromatic rings. The number of hydrogen-bond donors (Lipinski definition) is 1. The van der Waals surface area contributed by atoms with Crippen molar-refractivity contribution in [3.8, 4) is 16.9 Å². The topological polar surface area (TPSA) is 64.1 Å². The van der Waals surface area contributed by atoms with Crippen LogP contribution in [0.2, 0.25) is 0 Å². The Labute approximate surface area is 199 Å². The number of benzene rings is 3. The van der Waals surface area contributed by atoms with Gasteiger partial charge >= 0.3 is 0 Å². The molecule has 3 aromatic carbocycles. The van der Waals surface area contributed by atoms with Gasteiger partial charge in [0, 0.05) is 17.0 Å². The number of hydrogen-bond acceptors (Lipinski definition) is 7. The number of ether oxygens (including phenoxy) is 1. The van der Waals surface area contributed by atoms with Crippen molar-refractivity contribution in [1.29, 1.82) is 0 Å². The van der Waals surface area contributed by atoms with Crippen LogP contribution in [0.25, 0.3) is 11.1 Å². The molecule has 0 aliphatic carbocycles. The van der Waals surface area contributed by atoms with E-state index in [0.717, 1.165) is 37.0 Å². The van der Waals surface area contributed by atoms with Gasteiger partial charge in [-0.3, -0.25) is 4.79 Å². The first-order valence-corrected chi connectivity index (χ1v) is 12.7. The number of nitrogens with one attached hydrogen (secondary N) is 1. The lowest BCUT2D eigenvalue weighted by Gasteiger charge is -2.10. The zero-order valence-corrected chi connectivity index (χ0v) is 19.8. The Kier molecular flexibility index (Phi) is 7.82. The van der Waals surface area contributed by atoms with E-state index >= 15 is 0 Å². The van der Waals surface area contributed by atoms with Gasteiger partial charge in [0.2, 0.25) is 5.91 Å². The Morgan fingerprint density at radius 1 is 0.906 bits per heavy atom. The molecule has 0 saturated heterocycles. The summed E-state index contributed by atoms with van der Waals surface area (Å²) in [5.74, 6) is 1.86. The van der Waals surface area contributed by atoms with E-state index in [9.17, 15) is 4.79 Å². The van der Waals surface area contributed by atoms with Crippen LogP contribution < -0.4 is 10.1 Å². The molecule has 1 aromatic heterocycles. The standard InChI is InChI=1S/C24H21N3O2S3/c1-29-19-13-11-17(12-14-19)15-30-23-26-27-24(32-23)31-16-22(28)25-21-10-6-5-9-20(21)18-7-3-2-4-8-18/h2-14H,15-16H2,1H3,(H,25,28). The predicted molar refractivity (Wildman–Crippen MR) is 134 cm³/mol. The number of anilines is 1. The molecule has 4 rings (SSSR count). The van der Waals surface area contributed by atoms with Crippen molar-refractivity contribution in [3.05, 3.63) is 84.4 Å². The number of carbonyl (C=O) groups is 1. The van der Waals surface area contributed by atoms with Gasteiger partial charge < -0.3 is 10.1 Å². The third kappa shape index (κ3) is 6.12. The van der Waals surface area contributed by atoms with Gasteiger partial charge in [-0.1, -0.05) is 95.5 Å². The van der Waals surface area contributed by atoms with Gasteiger partial charge in [-0.25, -0.2) is 0 Å². The third-order valence-corrected chi connectivity index (χ3v) is 7.78. The average Bonchev–Trinajstić information content (AvgIpc) is 3.30. The fraction of sp³-hybridized carbons (Fsp3) is 0.125. The Morgan fingerprint density at radius 2 is 1.59 bits per heavy atom. The fourth-order valence-electron chi connectivity index (χ4n) is 2.96. The number of aromatic nitrogens is 2. The highest BCUT2D eigenvalue weighted by Crippen LogP contribution is 2.32. The zero-order valence-electron chi connectivity index (χ0n) is 17.4. The molecule has 0 atom stereocenters. The molecule has 162 valence electrons. The van der Waals surface area contributed by atoms with Crippen molar-refractivity contribution in [1.82, 2.24) is 10.2 Å². The number of thioether (sulfide) groups is 2. The first-order valence-electron chi connectivity index (χ1n) is 9.87. The molecule has 0 bridgehead atoms. The Bertz CT molecular complexity index is 1160. The van der Waals surface area contributed by atoms with E-state index < -0.39 is 0 Å². The molecule has 1 N–H and O–H groups in total. The van der Waals surface area contributed by atoms with Gasteiger partial charge in [0.15, 0.2) is 8.68 Å². The maximum Gasteiger partial charge on any atom is 0.234 e. The van der Waals surface area contributed by atoms with Crippen LogP contribution in [-0.2, 0) is 10.5 Å². The molecule has 1 heterocycles. The van der Waals surface area contributed by atoms with Crippen LogP contribution >= 0.6 is 34.9 Å². The maximum atomic E-state index is 12.5. The molecule has 5 nitrogen and oxygen atoms in total. The van der Waals surface area contributed by atoms with Crippen molar-refractivity contribution >= 4 is 46.5 Å². The van der Waals surface area contributed by atoms with Crippen molar-refractivity contribution < 1.29 is 9.53 Å². The fourth-order valence-corrected chi connectivity index (χ4v) is 5.73. The van der Waals surface area contributed by atoms with Gasteiger partial charge in [-0.15, -0.1) is 10.2 Å². The Balaban J connectivity index is 1.29. The first-order chi connectivity index (χ1) is 15.7. The van der Waals surface area contributed by atoms with Gasteiger partial charge in [0.1, 0.15) is 5.75 Å². The van der Waals surface area contributed by atoms with E-state index in [0.29, 0.717) is 0 Å². The van der Waals surface area contributed by atoms with Crippen LogP contribution in [0.1, 0.15) is 5.56 Å². The number of amides is 1. The lowest BCUT2D eigenvalue weighted by Crippen LogP contribution is -2.14. The minimum atomic E-state index is -0.0685. The molecule has 32 heavy (non-hydrogen) atoms. The van der Waals surface area contributed by atoms with Crippen LogP contribution in [0.5, 0.6) is 5.75 Å². The Hall–Kier alpha value is -2.81. The van der Waals surface area contributed by atoms with Crippen molar-refractivity contribution in [3.63, 3.8) is 0 Å². The summed E-state index contributed by atoms with van der Waals surface area (Å²) in [7, 11) is 1.66. The second kappa shape index (κ2) is 11.2. The summed E-state index contributed by atoms with van der Waals surface area (Å²) >= 11 is 4.54. The SMILES string of the molecule is COc1ccc(CSc2nnc(SCC(=O)Nc3ccccc3-c3ccccc3)s2)cc1.